The first kappa shape index (κ1) is 56.0. The average Bonchev–Trinajstić information content (AvgIpc) is 3.20. The molecule has 11 nitrogen and oxygen atoms in total. The maximum Gasteiger partial charge on any atom is 0.472 e. The van der Waals surface area contributed by atoms with Gasteiger partial charge >= 0.3 is 19.8 Å². The number of esters is 1. The van der Waals surface area contributed by atoms with Gasteiger partial charge in [-0.3, -0.25) is 18.6 Å². The summed E-state index contributed by atoms with van der Waals surface area (Å²) >= 11 is 0. The number of allylic oxidation sites excluding steroid dienone is 4. The molecule has 0 saturated heterocycles. The molecule has 0 radical (unpaired) electrons. The van der Waals surface area contributed by atoms with Crippen LogP contribution in [0.15, 0.2) is 24.3 Å². The van der Waals surface area contributed by atoms with Crippen molar-refractivity contribution in [2.75, 3.05) is 19.8 Å². The lowest BCUT2D eigenvalue weighted by Crippen LogP contribution is -2.43. The fourth-order valence-electron chi connectivity index (χ4n) is 6.59. The van der Waals surface area contributed by atoms with Gasteiger partial charge in [-0.15, -0.1) is 0 Å². The lowest BCUT2D eigenvalue weighted by molar-refractivity contribution is -0.147. The van der Waals surface area contributed by atoms with E-state index in [0.29, 0.717) is 12.8 Å². The number of carbonyl (C=O) groups is 3. The maximum absolute atomic E-state index is 12.3. The van der Waals surface area contributed by atoms with E-state index in [0.717, 1.165) is 64.2 Å². The number of hydrogen-bond acceptors (Lipinski definition) is 8. The molecule has 0 aliphatic rings. The molecule has 4 N–H and O–H groups in total. The van der Waals surface area contributed by atoms with Gasteiger partial charge in [-0.25, -0.2) is 9.36 Å². The van der Waals surface area contributed by atoms with Crippen LogP contribution in [0.5, 0.6) is 0 Å². The van der Waals surface area contributed by atoms with Gasteiger partial charge in [0.15, 0.2) is 6.04 Å². The van der Waals surface area contributed by atoms with Gasteiger partial charge in [-0.05, 0) is 38.5 Å². The van der Waals surface area contributed by atoms with Crippen molar-refractivity contribution in [3.05, 3.63) is 24.3 Å². The van der Waals surface area contributed by atoms with E-state index in [1.165, 1.54) is 116 Å². The van der Waals surface area contributed by atoms with Crippen molar-refractivity contribution in [1.29, 1.82) is 0 Å². The van der Waals surface area contributed by atoms with Gasteiger partial charge in [0, 0.05) is 12.8 Å². The van der Waals surface area contributed by atoms with Gasteiger partial charge < -0.3 is 25.2 Å². The minimum Gasteiger partial charge on any atom is -0.480 e. The SMILES string of the molecule is CCC/C=C\C/C=C\CCCCCCCC(=O)OCC(O)COP(=O)(O)OCC(NC(=O)CCCCCCCCCCCCCCCCCCCCCCC)C(=O)O. The monoisotopic (exact) mass is 844 g/mol. The summed E-state index contributed by atoms with van der Waals surface area (Å²) in [6.45, 7) is 2.54. The van der Waals surface area contributed by atoms with E-state index >= 15 is 0 Å². The topological polar surface area (TPSA) is 169 Å². The van der Waals surface area contributed by atoms with Crippen molar-refractivity contribution >= 4 is 25.7 Å². The Morgan fingerprint density at radius 3 is 1.47 bits per heavy atom. The van der Waals surface area contributed by atoms with Crippen LogP contribution in [0, 0.1) is 0 Å². The molecule has 0 rings (SSSR count). The van der Waals surface area contributed by atoms with E-state index < -0.39 is 57.6 Å². The number of hydrogen-bond donors (Lipinski definition) is 4. The summed E-state index contributed by atoms with van der Waals surface area (Å²) in [5.74, 6) is -2.38. The first-order valence-corrected chi connectivity index (χ1v) is 24.9. The summed E-state index contributed by atoms with van der Waals surface area (Å²) in [5, 5.41) is 21.8. The maximum atomic E-state index is 12.3. The fourth-order valence-corrected chi connectivity index (χ4v) is 7.36. The zero-order valence-electron chi connectivity index (χ0n) is 36.9. The van der Waals surface area contributed by atoms with Crippen LogP contribution in [0.3, 0.4) is 0 Å². The van der Waals surface area contributed by atoms with Gasteiger partial charge in [-0.2, -0.15) is 0 Å². The number of carboxylic acids is 1. The Hall–Kier alpha value is -2.04. The van der Waals surface area contributed by atoms with Crippen molar-refractivity contribution in [2.24, 2.45) is 0 Å². The van der Waals surface area contributed by atoms with Crippen LogP contribution in [0.2, 0.25) is 0 Å². The third-order valence-electron chi connectivity index (χ3n) is 10.2. The van der Waals surface area contributed by atoms with Crippen LogP contribution >= 0.6 is 7.82 Å². The molecule has 340 valence electrons. The summed E-state index contributed by atoms with van der Waals surface area (Å²) in [6.07, 6.45) is 43.5. The smallest absolute Gasteiger partial charge is 0.472 e. The molecule has 3 atom stereocenters. The highest BCUT2D eigenvalue weighted by Gasteiger charge is 2.28. The van der Waals surface area contributed by atoms with E-state index in [1.54, 1.807) is 0 Å². The summed E-state index contributed by atoms with van der Waals surface area (Å²) in [6, 6.07) is -1.54. The quantitative estimate of drug-likeness (QED) is 0.0200. The largest absolute Gasteiger partial charge is 0.480 e. The second-order valence-corrected chi connectivity index (χ2v) is 17.4. The molecule has 0 aliphatic heterocycles. The molecular formula is C46H86NO10P. The lowest BCUT2D eigenvalue weighted by atomic mass is 10.0. The van der Waals surface area contributed by atoms with E-state index in [9.17, 15) is 34.1 Å². The van der Waals surface area contributed by atoms with Crippen LogP contribution in [0.25, 0.3) is 0 Å². The number of unbranched alkanes of at least 4 members (excludes halogenated alkanes) is 26. The van der Waals surface area contributed by atoms with Crippen molar-refractivity contribution in [2.45, 2.75) is 231 Å². The number of aliphatic hydroxyl groups is 1. The van der Waals surface area contributed by atoms with Gasteiger partial charge in [-0.1, -0.05) is 192 Å². The number of rotatable bonds is 44. The zero-order valence-corrected chi connectivity index (χ0v) is 37.8. The molecule has 1 amide bonds. The fraction of sp³-hybridized carbons (Fsp3) is 0.848. The molecule has 58 heavy (non-hydrogen) atoms. The van der Waals surface area contributed by atoms with Gasteiger partial charge in [0.2, 0.25) is 5.91 Å². The Morgan fingerprint density at radius 2 is 0.983 bits per heavy atom. The second-order valence-electron chi connectivity index (χ2n) is 15.9. The highest BCUT2D eigenvalue weighted by atomic mass is 31.2. The normalized spacial score (nSPS) is 13.9. The summed E-state index contributed by atoms with van der Waals surface area (Å²) in [5.41, 5.74) is 0. The number of phosphoric acid groups is 1. The second kappa shape index (κ2) is 41.7. The summed E-state index contributed by atoms with van der Waals surface area (Å²) < 4.78 is 26.8. The average molecular weight is 844 g/mol. The molecule has 0 spiro atoms. The number of carboxylic acid groups (broad SMARTS) is 1. The number of phosphoric ester groups is 1. The van der Waals surface area contributed by atoms with Gasteiger partial charge in [0.05, 0.1) is 13.2 Å². The molecule has 0 saturated carbocycles. The van der Waals surface area contributed by atoms with E-state index in [2.05, 4.69) is 43.5 Å². The Balaban J connectivity index is 3.84. The Bertz CT molecular complexity index is 1080. The van der Waals surface area contributed by atoms with Crippen molar-refractivity contribution < 1.29 is 47.8 Å². The molecule has 0 aliphatic carbocycles. The Morgan fingerprint density at radius 1 is 0.552 bits per heavy atom. The number of ether oxygens (including phenoxy) is 1. The summed E-state index contributed by atoms with van der Waals surface area (Å²) in [4.78, 5) is 45.9. The Labute approximate surface area is 353 Å². The number of aliphatic carboxylic acids is 1. The highest BCUT2D eigenvalue weighted by Crippen LogP contribution is 2.43. The van der Waals surface area contributed by atoms with E-state index in [-0.39, 0.29) is 12.8 Å². The number of nitrogens with one attached hydrogen (secondary N) is 1. The van der Waals surface area contributed by atoms with Crippen molar-refractivity contribution in [3.8, 4) is 0 Å². The number of amides is 1. The lowest BCUT2D eigenvalue weighted by Gasteiger charge is -2.18. The predicted molar refractivity (Wildman–Crippen MR) is 236 cm³/mol. The third-order valence-corrected chi connectivity index (χ3v) is 11.2. The molecule has 0 bridgehead atoms. The molecule has 3 unspecified atom stereocenters. The van der Waals surface area contributed by atoms with Crippen molar-refractivity contribution in [1.82, 2.24) is 5.32 Å². The molecule has 0 heterocycles. The zero-order chi connectivity index (χ0) is 42.8. The van der Waals surface area contributed by atoms with Gasteiger partial charge in [0.1, 0.15) is 12.7 Å². The van der Waals surface area contributed by atoms with Crippen molar-refractivity contribution in [3.63, 3.8) is 0 Å². The van der Waals surface area contributed by atoms with Crippen LogP contribution in [0.4, 0.5) is 0 Å². The molecular weight excluding hydrogens is 757 g/mol. The van der Waals surface area contributed by atoms with E-state index in [4.69, 9.17) is 13.8 Å². The first-order valence-electron chi connectivity index (χ1n) is 23.4. The predicted octanol–water partition coefficient (Wildman–Crippen LogP) is 12.2. The van der Waals surface area contributed by atoms with Crippen LogP contribution in [0.1, 0.15) is 219 Å². The standard InChI is InChI=1S/C46H86NO10P/c1-3-5-7-9-11-13-15-17-18-19-20-21-22-23-24-26-27-29-31-33-35-37-44(49)47-43(46(51)52)41-57-58(53,54)56-40-42(48)39-55-45(50)38-36-34-32-30-28-25-16-14-12-10-8-6-4-2/h8,10,14,16,42-43,48H,3-7,9,11-13,15,17-41H2,1-2H3,(H,47,49)(H,51,52)(H,53,54)/b10-8-,16-14-. The first-order chi connectivity index (χ1) is 28.1. The highest BCUT2D eigenvalue weighted by molar-refractivity contribution is 7.47. The molecule has 0 fully saturated rings. The number of aliphatic hydroxyl groups excluding tert-OH is 1. The van der Waals surface area contributed by atoms with Crippen LogP contribution < -0.4 is 5.32 Å². The third kappa shape index (κ3) is 40.7. The molecule has 0 aromatic heterocycles. The number of carbonyl (C=O) groups excluding carboxylic acids is 2. The minimum atomic E-state index is -4.76. The molecule has 0 aromatic rings. The van der Waals surface area contributed by atoms with Gasteiger partial charge in [0.25, 0.3) is 0 Å². The molecule has 12 heteroatoms. The minimum absolute atomic E-state index is 0.149. The molecule has 0 aromatic carbocycles. The summed E-state index contributed by atoms with van der Waals surface area (Å²) in [7, 11) is -4.76. The van der Waals surface area contributed by atoms with Crippen LogP contribution in [-0.4, -0.2) is 64.9 Å². The van der Waals surface area contributed by atoms with E-state index in [1.807, 2.05) is 0 Å². The Kier molecular flexibility index (Phi) is 40.2. The van der Waals surface area contributed by atoms with Crippen LogP contribution in [-0.2, 0) is 32.7 Å².